The van der Waals surface area contributed by atoms with Gasteiger partial charge in [-0.3, -0.25) is 9.59 Å². The third-order valence-electron chi connectivity index (χ3n) is 5.68. The lowest BCUT2D eigenvalue weighted by Crippen LogP contribution is -2.41. The number of carbonyl (C=O) groups excluding carboxylic acids is 2. The minimum absolute atomic E-state index is 0.122. The highest BCUT2D eigenvalue weighted by Gasteiger charge is 2.53. The van der Waals surface area contributed by atoms with Crippen molar-refractivity contribution in [2.45, 2.75) is 83.5 Å². The second-order valence-electron chi connectivity index (χ2n) is 7.12. The number of carbonyl (C=O) groups is 2. The number of hydrogen-bond donors (Lipinski definition) is 0. The van der Waals surface area contributed by atoms with Crippen LogP contribution in [0.15, 0.2) is 0 Å². The zero-order valence-corrected chi connectivity index (χ0v) is 15.9. The molecule has 6 nitrogen and oxygen atoms in total. The van der Waals surface area contributed by atoms with Crippen LogP contribution in [-0.4, -0.2) is 43.7 Å². The second-order valence-corrected chi connectivity index (χ2v) is 7.12. The van der Waals surface area contributed by atoms with E-state index in [1.54, 1.807) is 0 Å². The molecule has 4 atom stereocenters. The van der Waals surface area contributed by atoms with Crippen LogP contribution in [0, 0.1) is 11.8 Å². The van der Waals surface area contributed by atoms with Gasteiger partial charge in [0, 0.05) is 7.11 Å². The number of esters is 2. The fourth-order valence-corrected chi connectivity index (χ4v) is 4.20. The van der Waals surface area contributed by atoms with E-state index in [1.807, 2.05) is 13.8 Å². The molecule has 25 heavy (non-hydrogen) atoms. The quantitative estimate of drug-likeness (QED) is 0.491. The Morgan fingerprint density at radius 2 is 1.56 bits per heavy atom. The van der Waals surface area contributed by atoms with Crippen LogP contribution in [0.1, 0.15) is 65.7 Å². The first-order chi connectivity index (χ1) is 12.0. The highest BCUT2D eigenvalue weighted by molar-refractivity contribution is 5.84. The summed E-state index contributed by atoms with van der Waals surface area (Å²) in [5, 5.41) is 0. The van der Waals surface area contributed by atoms with Gasteiger partial charge in [-0.05, 0) is 44.9 Å². The monoisotopic (exact) mass is 356 g/mol. The van der Waals surface area contributed by atoms with Crippen LogP contribution in [0.2, 0.25) is 0 Å². The standard InChI is InChI=1S/C19H32O6/c1-5-13-15(17(20)23-12-22-4)16(14(6-2)24-13)18(21)25-19(7-3)10-8-9-11-19/h13-16H,5-12H2,1-4H3. The van der Waals surface area contributed by atoms with E-state index in [0.29, 0.717) is 12.8 Å². The van der Waals surface area contributed by atoms with E-state index in [9.17, 15) is 9.59 Å². The molecule has 2 rings (SSSR count). The van der Waals surface area contributed by atoms with Crippen LogP contribution in [0.4, 0.5) is 0 Å². The number of ether oxygens (including phenoxy) is 4. The minimum Gasteiger partial charge on any atom is -0.459 e. The van der Waals surface area contributed by atoms with Gasteiger partial charge in [-0.1, -0.05) is 20.8 Å². The Kier molecular flexibility index (Phi) is 7.25. The lowest BCUT2D eigenvalue weighted by molar-refractivity contribution is -0.174. The topological polar surface area (TPSA) is 71.1 Å². The highest BCUT2D eigenvalue weighted by atomic mass is 16.7. The summed E-state index contributed by atoms with van der Waals surface area (Å²) in [4.78, 5) is 25.6. The molecule has 0 bridgehead atoms. The van der Waals surface area contributed by atoms with Gasteiger partial charge in [0.25, 0.3) is 0 Å². The lowest BCUT2D eigenvalue weighted by Gasteiger charge is -2.31. The predicted molar refractivity (Wildman–Crippen MR) is 91.8 cm³/mol. The van der Waals surface area contributed by atoms with Gasteiger partial charge in [-0.25, -0.2) is 0 Å². The molecule has 1 saturated carbocycles. The second kappa shape index (κ2) is 8.99. The summed E-state index contributed by atoms with van der Waals surface area (Å²) in [5.74, 6) is -1.99. The molecule has 0 spiro atoms. The molecule has 0 aromatic rings. The molecule has 1 aliphatic carbocycles. The first kappa shape index (κ1) is 20.2. The van der Waals surface area contributed by atoms with Crippen LogP contribution in [-0.2, 0) is 28.5 Å². The van der Waals surface area contributed by atoms with Crippen molar-refractivity contribution >= 4 is 11.9 Å². The number of methoxy groups -OCH3 is 1. The summed E-state index contributed by atoms with van der Waals surface area (Å²) >= 11 is 0. The van der Waals surface area contributed by atoms with Gasteiger partial charge in [0.15, 0.2) is 6.79 Å². The third-order valence-corrected chi connectivity index (χ3v) is 5.68. The molecular weight excluding hydrogens is 324 g/mol. The normalized spacial score (nSPS) is 31.0. The Morgan fingerprint density at radius 3 is 2.04 bits per heavy atom. The molecule has 0 aromatic heterocycles. The SMILES string of the molecule is CCC1OC(CC)C(C(=O)OC2(CC)CCCC2)C1C(=O)OCOC. The molecule has 0 radical (unpaired) electrons. The van der Waals surface area contributed by atoms with Crippen LogP contribution < -0.4 is 0 Å². The molecule has 144 valence electrons. The molecule has 2 aliphatic rings. The summed E-state index contributed by atoms with van der Waals surface area (Å²) in [6.07, 6.45) is 5.42. The average Bonchev–Trinajstić information content (AvgIpc) is 3.24. The molecule has 0 aromatic carbocycles. The van der Waals surface area contributed by atoms with Crippen molar-refractivity contribution in [3.05, 3.63) is 0 Å². The van der Waals surface area contributed by atoms with Crippen molar-refractivity contribution in [3.63, 3.8) is 0 Å². The highest BCUT2D eigenvalue weighted by Crippen LogP contribution is 2.41. The summed E-state index contributed by atoms with van der Waals surface area (Å²) in [5.41, 5.74) is -0.374. The van der Waals surface area contributed by atoms with Crippen molar-refractivity contribution in [2.24, 2.45) is 11.8 Å². The predicted octanol–water partition coefficient (Wildman–Crippen LogP) is 3.22. The van der Waals surface area contributed by atoms with Crippen LogP contribution in [0.3, 0.4) is 0 Å². The van der Waals surface area contributed by atoms with Crippen LogP contribution in [0.5, 0.6) is 0 Å². The van der Waals surface area contributed by atoms with Crippen molar-refractivity contribution in [3.8, 4) is 0 Å². The Morgan fingerprint density at radius 1 is 1.00 bits per heavy atom. The van der Waals surface area contributed by atoms with Crippen molar-refractivity contribution in [1.82, 2.24) is 0 Å². The molecule has 1 saturated heterocycles. The average molecular weight is 356 g/mol. The Balaban J connectivity index is 2.19. The molecule has 6 heteroatoms. The van der Waals surface area contributed by atoms with E-state index >= 15 is 0 Å². The molecule has 1 aliphatic heterocycles. The van der Waals surface area contributed by atoms with E-state index in [2.05, 4.69) is 6.92 Å². The smallest absolute Gasteiger partial charge is 0.314 e. The maximum absolute atomic E-state index is 13.0. The van der Waals surface area contributed by atoms with Crippen molar-refractivity contribution in [2.75, 3.05) is 13.9 Å². The van der Waals surface area contributed by atoms with E-state index in [4.69, 9.17) is 18.9 Å². The summed E-state index contributed by atoms with van der Waals surface area (Å²) in [6, 6.07) is 0. The van der Waals surface area contributed by atoms with Gasteiger partial charge in [0.05, 0.1) is 24.0 Å². The van der Waals surface area contributed by atoms with Gasteiger partial charge in [0.1, 0.15) is 5.60 Å². The fraction of sp³-hybridized carbons (Fsp3) is 0.895. The fourth-order valence-electron chi connectivity index (χ4n) is 4.20. The van der Waals surface area contributed by atoms with Crippen LogP contribution >= 0.6 is 0 Å². The number of hydrogen-bond acceptors (Lipinski definition) is 6. The van der Waals surface area contributed by atoms with E-state index < -0.39 is 17.8 Å². The molecule has 4 unspecified atom stereocenters. The van der Waals surface area contributed by atoms with Gasteiger partial charge in [-0.15, -0.1) is 0 Å². The van der Waals surface area contributed by atoms with E-state index in [-0.39, 0.29) is 30.6 Å². The Bertz CT molecular complexity index is 457. The largest absolute Gasteiger partial charge is 0.459 e. The molecule has 0 N–H and O–H groups in total. The maximum atomic E-state index is 13.0. The van der Waals surface area contributed by atoms with E-state index in [1.165, 1.54) is 7.11 Å². The van der Waals surface area contributed by atoms with E-state index in [0.717, 1.165) is 32.1 Å². The first-order valence-electron chi connectivity index (χ1n) is 9.55. The first-order valence-corrected chi connectivity index (χ1v) is 9.55. The van der Waals surface area contributed by atoms with Gasteiger partial charge in [0.2, 0.25) is 0 Å². The van der Waals surface area contributed by atoms with Gasteiger partial charge in [-0.2, -0.15) is 0 Å². The third kappa shape index (κ3) is 4.34. The molecular formula is C19H32O6. The van der Waals surface area contributed by atoms with Gasteiger partial charge < -0.3 is 18.9 Å². The van der Waals surface area contributed by atoms with Crippen molar-refractivity contribution < 1.29 is 28.5 Å². The minimum atomic E-state index is -0.632. The zero-order chi connectivity index (χ0) is 18.4. The number of rotatable bonds is 8. The molecule has 0 amide bonds. The zero-order valence-electron chi connectivity index (χ0n) is 15.9. The lowest BCUT2D eigenvalue weighted by atomic mass is 9.85. The Labute approximate surface area is 150 Å². The maximum Gasteiger partial charge on any atom is 0.314 e. The molecule has 1 heterocycles. The summed E-state index contributed by atoms with van der Waals surface area (Å²) in [7, 11) is 1.46. The molecule has 2 fully saturated rings. The summed E-state index contributed by atoms with van der Waals surface area (Å²) < 4.78 is 22.0. The van der Waals surface area contributed by atoms with Crippen molar-refractivity contribution in [1.29, 1.82) is 0 Å². The van der Waals surface area contributed by atoms with Crippen LogP contribution in [0.25, 0.3) is 0 Å². The summed E-state index contributed by atoms with van der Waals surface area (Å²) in [6.45, 7) is 5.85. The Hall–Kier alpha value is -1.14. The van der Waals surface area contributed by atoms with Gasteiger partial charge >= 0.3 is 11.9 Å².